The summed E-state index contributed by atoms with van der Waals surface area (Å²) in [4.78, 5) is 60.2. The molecule has 0 radical (unpaired) electrons. The first-order valence-electron chi connectivity index (χ1n) is 12.6. The Balaban J connectivity index is 1.75. The lowest BCUT2D eigenvalue weighted by molar-refractivity contribution is -0.141. The zero-order valence-corrected chi connectivity index (χ0v) is 22.8. The van der Waals surface area contributed by atoms with Gasteiger partial charge in [0.25, 0.3) is 0 Å². The Labute approximate surface area is 232 Å². The summed E-state index contributed by atoms with van der Waals surface area (Å²) >= 11 is 0. The molecule has 40 heavy (non-hydrogen) atoms. The fourth-order valence-corrected chi connectivity index (χ4v) is 3.59. The second kappa shape index (κ2) is 15.7. The number of amides is 5. The van der Waals surface area contributed by atoms with E-state index in [1.165, 1.54) is 19.1 Å². The minimum atomic E-state index is -1.42. The lowest BCUT2D eigenvalue weighted by atomic mass is 10.1. The summed E-state index contributed by atoms with van der Waals surface area (Å²) in [5.41, 5.74) is 7.98. The number of aliphatic carboxylic acids is 1. The van der Waals surface area contributed by atoms with Crippen LogP contribution in [0.15, 0.2) is 42.5 Å². The van der Waals surface area contributed by atoms with Crippen molar-refractivity contribution in [1.29, 1.82) is 0 Å². The monoisotopic (exact) mass is 556 g/mol. The number of nitrogens with zero attached hydrogens (tertiary/aromatic N) is 1. The van der Waals surface area contributed by atoms with Crippen molar-refractivity contribution in [3.05, 3.63) is 53.6 Å². The van der Waals surface area contributed by atoms with Gasteiger partial charge in [0.15, 0.2) is 0 Å². The number of methoxy groups -OCH3 is 1. The van der Waals surface area contributed by atoms with Crippen LogP contribution in [0.3, 0.4) is 0 Å². The fraction of sp³-hybridized carbons (Fsp3) is 0.370. The second-order valence-corrected chi connectivity index (χ2v) is 9.08. The summed E-state index contributed by atoms with van der Waals surface area (Å²) in [5.74, 6) is -1.79. The number of hydrogen-bond acceptors (Lipinski definition) is 7. The van der Waals surface area contributed by atoms with Crippen LogP contribution in [-0.4, -0.2) is 79.6 Å². The number of hydrogen-bond donors (Lipinski definition) is 6. The third-order valence-corrected chi connectivity index (χ3v) is 5.89. The predicted molar refractivity (Wildman–Crippen MR) is 149 cm³/mol. The topological polar surface area (TPSA) is 192 Å². The number of carboxylic acids is 1. The molecule has 0 heterocycles. The van der Waals surface area contributed by atoms with Crippen molar-refractivity contribution in [2.75, 3.05) is 44.4 Å². The maximum atomic E-state index is 12.4. The van der Waals surface area contributed by atoms with Gasteiger partial charge in [-0.3, -0.25) is 9.59 Å². The minimum Gasteiger partial charge on any atom is -0.495 e. The number of benzene rings is 2. The van der Waals surface area contributed by atoms with Crippen LogP contribution in [0.1, 0.15) is 24.0 Å². The Morgan fingerprint density at radius 2 is 1.75 bits per heavy atom. The molecule has 0 aliphatic carbocycles. The van der Waals surface area contributed by atoms with Crippen LogP contribution in [0.25, 0.3) is 0 Å². The van der Waals surface area contributed by atoms with Gasteiger partial charge in [-0.05, 0) is 42.7 Å². The zero-order valence-electron chi connectivity index (χ0n) is 22.8. The Morgan fingerprint density at radius 1 is 1.05 bits per heavy atom. The van der Waals surface area contributed by atoms with Crippen LogP contribution in [0.5, 0.6) is 5.75 Å². The van der Waals surface area contributed by atoms with E-state index in [0.717, 1.165) is 11.1 Å². The highest BCUT2D eigenvalue weighted by molar-refractivity contribution is 6.01. The number of urea groups is 2. The number of nitrogens with one attached hydrogen (secondary N) is 4. The average molecular weight is 557 g/mol. The van der Waals surface area contributed by atoms with Crippen molar-refractivity contribution in [3.63, 3.8) is 0 Å². The quantitative estimate of drug-likeness (QED) is 0.179. The summed E-state index contributed by atoms with van der Waals surface area (Å²) in [6.07, 6.45) is 0.210. The average Bonchev–Trinajstić information content (AvgIpc) is 2.90. The molecule has 0 aliphatic heterocycles. The van der Waals surface area contributed by atoms with Crippen molar-refractivity contribution < 1.29 is 33.8 Å². The number of nitrogens with two attached hydrogens (primary N) is 1. The summed E-state index contributed by atoms with van der Waals surface area (Å²) in [5, 5.41) is 19.8. The lowest BCUT2D eigenvalue weighted by Crippen LogP contribution is -2.49. The number of anilines is 2. The van der Waals surface area contributed by atoms with Crippen molar-refractivity contribution in [2.24, 2.45) is 5.73 Å². The van der Waals surface area contributed by atoms with E-state index < -0.39 is 36.4 Å². The predicted octanol–water partition coefficient (Wildman–Crippen LogP) is 1.71. The Hall–Kier alpha value is -4.65. The molecule has 5 amide bonds. The number of para-hydroxylation sites is 1. The molecule has 2 rings (SSSR count). The van der Waals surface area contributed by atoms with Gasteiger partial charge in [-0.1, -0.05) is 24.3 Å². The molecule has 13 heteroatoms. The maximum absolute atomic E-state index is 12.4. The molecule has 0 aliphatic rings. The van der Waals surface area contributed by atoms with Crippen LogP contribution >= 0.6 is 0 Å². The molecular formula is C27H36N6O7. The van der Waals surface area contributed by atoms with Gasteiger partial charge in [0.1, 0.15) is 17.6 Å². The van der Waals surface area contributed by atoms with Crippen molar-refractivity contribution in [1.82, 2.24) is 15.5 Å². The molecule has 7 N–H and O–H groups in total. The largest absolute Gasteiger partial charge is 0.495 e. The Bertz CT molecular complexity index is 1220. The number of aryl methyl sites for hydroxylation is 2. The molecule has 0 saturated carbocycles. The summed E-state index contributed by atoms with van der Waals surface area (Å²) in [7, 11) is 2.95. The number of carbonyl (C=O) groups is 5. The molecule has 0 fully saturated rings. The van der Waals surface area contributed by atoms with E-state index in [2.05, 4.69) is 21.3 Å². The molecular weight excluding hydrogens is 520 g/mol. The molecule has 2 aromatic carbocycles. The lowest BCUT2D eigenvalue weighted by Gasteiger charge is -2.21. The number of ether oxygens (including phenoxy) is 1. The van der Waals surface area contributed by atoms with E-state index in [4.69, 9.17) is 15.6 Å². The number of carbonyl (C=O) groups excluding carboxylic acids is 4. The highest BCUT2D eigenvalue weighted by atomic mass is 16.5. The third-order valence-electron chi connectivity index (χ3n) is 5.89. The zero-order chi connectivity index (χ0) is 29.7. The number of primary amides is 1. The molecule has 0 spiro atoms. The van der Waals surface area contributed by atoms with E-state index in [-0.39, 0.29) is 25.3 Å². The van der Waals surface area contributed by atoms with E-state index in [1.54, 1.807) is 12.1 Å². The van der Waals surface area contributed by atoms with E-state index in [9.17, 15) is 24.0 Å². The number of carboxylic acid groups (broad SMARTS) is 1. The molecule has 0 bridgehead atoms. The van der Waals surface area contributed by atoms with Crippen LogP contribution in [0.2, 0.25) is 0 Å². The molecule has 1 atom stereocenters. The fourth-order valence-electron chi connectivity index (χ4n) is 3.59. The van der Waals surface area contributed by atoms with E-state index in [1.807, 2.05) is 37.3 Å². The molecule has 0 saturated heterocycles. The molecule has 2 aromatic rings. The molecule has 1 unspecified atom stereocenters. The normalized spacial score (nSPS) is 11.2. The van der Waals surface area contributed by atoms with Crippen LogP contribution in [-0.2, 0) is 20.8 Å². The third kappa shape index (κ3) is 10.6. The molecule has 13 nitrogen and oxygen atoms in total. The molecule has 0 aromatic heterocycles. The SMILES string of the molecule is COc1cc(CCC(=O)CNCCN(C)C(=O)NC(CC(N)=O)C(=O)O)ccc1NC(=O)Nc1ccccc1C. The van der Waals surface area contributed by atoms with Gasteiger partial charge in [-0.15, -0.1) is 0 Å². The number of rotatable bonds is 15. The van der Waals surface area contributed by atoms with Gasteiger partial charge in [-0.2, -0.15) is 0 Å². The molecule has 216 valence electrons. The van der Waals surface area contributed by atoms with Gasteiger partial charge in [0, 0.05) is 32.2 Å². The Kier molecular flexibility index (Phi) is 12.4. The maximum Gasteiger partial charge on any atom is 0.326 e. The summed E-state index contributed by atoms with van der Waals surface area (Å²) in [6, 6.07) is 10.2. The first kappa shape index (κ1) is 31.6. The highest BCUT2D eigenvalue weighted by Gasteiger charge is 2.23. The first-order valence-corrected chi connectivity index (χ1v) is 12.6. The number of Topliss-reactive ketones (excluding diaryl/α,β-unsaturated/α-hetero) is 1. The number of ketones is 1. The Morgan fingerprint density at radius 3 is 2.40 bits per heavy atom. The van der Waals surface area contributed by atoms with Gasteiger partial charge in [0.2, 0.25) is 5.91 Å². The van der Waals surface area contributed by atoms with Crippen molar-refractivity contribution in [3.8, 4) is 5.75 Å². The number of likely N-dealkylation sites (N-methyl/N-ethyl adjacent to an activating group) is 1. The van der Waals surface area contributed by atoms with Crippen LogP contribution in [0.4, 0.5) is 21.0 Å². The van der Waals surface area contributed by atoms with Gasteiger partial charge >= 0.3 is 18.0 Å². The second-order valence-electron chi connectivity index (χ2n) is 9.08. The van der Waals surface area contributed by atoms with Crippen molar-refractivity contribution in [2.45, 2.75) is 32.2 Å². The minimum absolute atomic E-state index is 0.0433. The summed E-state index contributed by atoms with van der Waals surface area (Å²) in [6.45, 7) is 2.48. The summed E-state index contributed by atoms with van der Waals surface area (Å²) < 4.78 is 5.41. The van der Waals surface area contributed by atoms with Gasteiger partial charge < -0.3 is 41.7 Å². The standard InChI is InChI=1S/C27H36N6O7/c1-17-6-4-5-7-20(17)30-26(38)31-21-11-9-18(14-23(21)40-3)8-10-19(34)16-29-12-13-33(2)27(39)32-22(25(36)37)15-24(28)35/h4-7,9,11,14,22,29H,8,10,12-13,15-16H2,1-3H3,(H2,28,35)(H,32,39)(H,36,37)(H2,30,31,38). The van der Waals surface area contributed by atoms with Crippen molar-refractivity contribution >= 4 is 41.1 Å². The first-order chi connectivity index (χ1) is 19.0. The van der Waals surface area contributed by atoms with Crippen LogP contribution in [0, 0.1) is 6.92 Å². The smallest absolute Gasteiger partial charge is 0.326 e. The highest BCUT2D eigenvalue weighted by Crippen LogP contribution is 2.26. The van der Waals surface area contributed by atoms with Gasteiger partial charge in [0.05, 0.1) is 25.8 Å². The van der Waals surface area contributed by atoms with Crippen LogP contribution < -0.4 is 31.7 Å². The van der Waals surface area contributed by atoms with E-state index in [0.29, 0.717) is 30.1 Å². The van der Waals surface area contributed by atoms with Gasteiger partial charge in [-0.25, -0.2) is 14.4 Å². The van der Waals surface area contributed by atoms with E-state index >= 15 is 0 Å².